The summed E-state index contributed by atoms with van der Waals surface area (Å²) in [5.41, 5.74) is 7.46. The van der Waals surface area contributed by atoms with E-state index in [1.54, 1.807) is 75.5 Å². The number of thiazole rings is 12. The number of rotatable bonds is 19. The number of carbonyl (C=O) groups is 10. The second-order valence-corrected chi connectivity index (χ2v) is 46.3. The highest BCUT2D eigenvalue weighted by molar-refractivity contribution is 7.17. The van der Waals surface area contributed by atoms with Gasteiger partial charge in [-0.15, -0.1) is 136 Å². The van der Waals surface area contributed by atoms with Crippen LogP contribution in [0.3, 0.4) is 0 Å². The molecule has 50 heteroatoms. The van der Waals surface area contributed by atoms with E-state index in [2.05, 4.69) is 63.1 Å². The first-order valence-electron chi connectivity index (χ1n) is 46.5. The maximum absolute atomic E-state index is 14.3. The molecular weight excluding hydrogens is 2150 g/mol. The van der Waals surface area contributed by atoms with Crippen molar-refractivity contribution in [2.45, 2.75) is 136 Å². The summed E-state index contributed by atoms with van der Waals surface area (Å²) < 4.78 is 17.0. The molecule has 150 heavy (non-hydrogen) atoms. The van der Waals surface area contributed by atoms with E-state index in [0.29, 0.717) is 153 Å². The summed E-state index contributed by atoms with van der Waals surface area (Å²) in [4.78, 5) is 209. The number of amides is 8. The third-order valence-corrected chi connectivity index (χ3v) is 35.5. The summed E-state index contributed by atoms with van der Waals surface area (Å²) in [6.07, 6.45) is -2.23. The van der Waals surface area contributed by atoms with Crippen molar-refractivity contribution in [2.75, 3.05) is 73.2 Å². The smallest absolute Gasteiger partial charge is 0.271 e. The van der Waals surface area contributed by atoms with Crippen molar-refractivity contribution in [1.29, 1.82) is 0 Å². The lowest BCUT2D eigenvalue weighted by atomic mass is 9.90. The molecule has 0 saturated heterocycles. The van der Waals surface area contributed by atoms with E-state index in [1.165, 1.54) is 164 Å². The SMILES string of the molecule is C.CNC(=O)CC1NC(=O)c2csc(n2)-c2ccc(-c3nc(NC)cs3)nc2-c2csc(n2)-c2csc(n2)C(C(O)c2ccccc2)NC(=O)CNC(=O)c2nc(sc2COC)C(C(C)C)CC(=O)c2nc1sc2C.CNC(=O)CC1NC(=O)c2csc(n2)-c2ccc(-c3nc(NC)cs3)nc2-c2csc(n2)-c2csc(n2)C(C(OC)c2ccccc2)NC(=O)CNC(=O)c2nc(sc2COC)C(C(C)C)CC(=O)c2nc1sc2C. The highest BCUT2D eigenvalue weighted by Gasteiger charge is 2.39. The third kappa shape index (κ3) is 25.0. The van der Waals surface area contributed by atoms with Gasteiger partial charge in [0.25, 0.3) is 23.6 Å². The van der Waals surface area contributed by atoms with E-state index in [4.69, 9.17) is 74.0 Å². The first-order valence-corrected chi connectivity index (χ1v) is 56.8. The molecule has 8 unspecified atom stereocenters. The number of anilines is 2. The van der Waals surface area contributed by atoms with Gasteiger partial charge in [-0.05, 0) is 61.1 Å². The summed E-state index contributed by atoms with van der Waals surface area (Å²) in [7, 11) is 11.1. The second kappa shape index (κ2) is 49.3. The quantitative estimate of drug-likeness (QED) is 0.0358. The van der Waals surface area contributed by atoms with Crippen LogP contribution in [0.25, 0.3) is 86.7 Å². The van der Waals surface area contributed by atoms with Crippen LogP contribution in [0.2, 0.25) is 0 Å². The highest BCUT2D eigenvalue weighted by Crippen LogP contribution is 2.46. The summed E-state index contributed by atoms with van der Waals surface area (Å²) in [6, 6.07) is 22.1. The highest BCUT2D eigenvalue weighted by atomic mass is 32.1. The van der Waals surface area contributed by atoms with Crippen LogP contribution < -0.4 is 53.2 Å². The van der Waals surface area contributed by atoms with Crippen LogP contribution in [-0.2, 0) is 46.6 Å². The van der Waals surface area contributed by atoms with Crippen molar-refractivity contribution in [2.24, 2.45) is 11.8 Å². The van der Waals surface area contributed by atoms with E-state index >= 15 is 0 Å². The van der Waals surface area contributed by atoms with Crippen LogP contribution in [0.1, 0.15) is 233 Å². The maximum atomic E-state index is 14.3. The minimum atomic E-state index is -1.23. The van der Waals surface area contributed by atoms with Crippen LogP contribution in [0.4, 0.5) is 11.6 Å². The Morgan fingerprint density at radius 2 is 0.767 bits per heavy atom. The molecule has 2 aliphatic heterocycles. The number of hydrogen-bond acceptors (Lipinski definition) is 42. The number of aliphatic hydroxyl groups excluding tert-OH is 1. The molecule has 0 fully saturated rings. The molecule has 20 bridgehead atoms. The first-order chi connectivity index (χ1) is 71.9. The van der Waals surface area contributed by atoms with Gasteiger partial charge in [0.05, 0.1) is 82.4 Å². The number of benzene rings is 2. The van der Waals surface area contributed by atoms with Crippen LogP contribution in [-0.4, -0.2) is 196 Å². The predicted octanol–water partition coefficient (Wildman–Crippen LogP) is 17.8. The molecule has 16 heterocycles. The number of fused-ring (bicyclic) bond motifs is 28. The number of aryl methyl sites for hydroxylation is 2. The van der Waals surface area contributed by atoms with Crippen LogP contribution in [0, 0.1) is 25.7 Å². The molecule has 2 aromatic carbocycles. The van der Waals surface area contributed by atoms with Gasteiger partial charge in [0.15, 0.2) is 11.6 Å². The van der Waals surface area contributed by atoms with Gasteiger partial charge in [0, 0.05) is 138 Å². The monoisotopic (exact) mass is 2250 g/mol. The average Bonchev–Trinajstić information content (AvgIpc) is 1.62. The lowest BCUT2D eigenvalue weighted by Crippen LogP contribution is -2.41. The molecule has 11 N–H and O–H groups in total. The van der Waals surface area contributed by atoms with Gasteiger partial charge in [0.1, 0.15) is 154 Å². The lowest BCUT2D eigenvalue weighted by Gasteiger charge is -2.26. The van der Waals surface area contributed by atoms with Gasteiger partial charge in [-0.3, -0.25) is 47.9 Å². The number of nitrogens with zero attached hydrogens (tertiary/aromatic N) is 14. The van der Waals surface area contributed by atoms with Gasteiger partial charge in [-0.25, -0.2) is 69.8 Å². The Labute approximate surface area is 909 Å². The Balaban J connectivity index is 0.000000212. The van der Waals surface area contributed by atoms with E-state index in [-0.39, 0.29) is 116 Å². The summed E-state index contributed by atoms with van der Waals surface area (Å²) in [5, 5.41) is 61.1. The number of Topliss-reactive ketones (excluding diaryl/α,β-unsaturated/α-hetero) is 2. The normalized spacial score (nSPS) is 16.9. The number of nitrogens with one attached hydrogen (secondary N) is 10. The molecule has 8 amide bonds. The fraction of sp³-hybridized carbons (Fsp3) is 0.320. The Bertz CT molecular complexity index is 7620. The molecule has 0 aliphatic carbocycles. The fourth-order valence-corrected chi connectivity index (χ4v) is 27.4. The molecule has 0 radical (unpaired) electrons. The largest absolute Gasteiger partial charge is 0.386 e. The number of methoxy groups -OCH3 is 3. The molecule has 14 aromatic heterocycles. The second-order valence-electron chi connectivity index (χ2n) is 34.6. The average molecular weight is 2250 g/mol. The number of pyridine rings is 2. The van der Waals surface area contributed by atoms with Gasteiger partial charge in [-0.1, -0.05) is 95.8 Å². The number of ether oxygens (including phenoxy) is 3. The third-order valence-electron chi connectivity index (χ3n) is 23.9. The van der Waals surface area contributed by atoms with E-state index < -0.39 is 96.7 Å². The van der Waals surface area contributed by atoms with Crippen molar-refractivity contribution in [3.63, 3.8) is 0 Å². The fourth-order valence-electron chi connectivity index (χ4n) is 16.2. The standard InChI is InChI=1S/C50H50N12O7S6.C49H48N12O7S6.CH4/c1-23(2)27-15-33(63)38-24(3)74-49(61-38)29(16-36(64)52-5)55-43(66)31-20-70-45(57-31)26-13-14-28(47-59-35(51-4)22-73-47)54-39(26)30-19-71-48(56-30)32-21-72-50(58-32)41(42(69-7)25-11-9-8-10-12-25)60-37(65)17-53-44(67)40-34(18-68-6)75-46(27)62-40;1-22(2)26-14-32(62)37-23(3)73-48(60-37)28(15-35(63)51-5)54-42(66)30-19-69-44(56-30)25-12-13-27(46-58-34(50-4)21-72-46)53-38(25)29-18-70-47(55-29)31-20-71-49(57-31)40(41(65)24-10-8-7-9-11-24)59-36(64)16-52-43(67)39-33(17-68-6)74-45(26)61-39;/h8-14,19-23,27,29,41-42,51H,15-18H2,1-7H3,(H,52,64)(H,53,67)(H,55,66)(H,60,65);7-13,18-22,26,28,40-41,50,65H,14-17H2,1-6H3,(H,51,63)(H,52,67)(H,54,66)(H,59,64);1H4. The van der Waals surface area contributed by atoms with Gasteiger partial charge in [-0.2, -0.15) is 0 Å². The molecule has 0 spiro atoms. The number of aromatic nitrogens is 14. The molecule has 778 valence electrons. The Kier molecular flexibility index (Phi) is 36.0. The number of carbonyl (C=O) groups excluding carboxylic acids is 10. The van der Waals surface area contributed by atoms with E-state index in [1.807, 2.05) is 115 Å². The summed E-state index contributed by atoms with van der Waals surface area (Å²) in [5.74, 6) is -4.39. The summed E-state index contributed by atoms with van der Waals surface area (Å²) >= 11 is 15.5. The van der Waals surface area contributed by atoms with Crippen molar-refractivity contribution in [1.82, 2.24) is 112 Å². The number of aliphatic hydroxyl groups is 1. The zero-order valence-corrected chi connectivity index (χ0v) is 91.8. The van der Waals surface area contributed by atoms with Crippen LogP contribution >= 0.6 is 136 Å². The minimum Gasteiger partial charge on any atom is -0.386 e. The van der Waals surface area contributed by atoms with Gasteiger partial charge in [0.2, 0.25) is 23.6 Å². The van der Waals surface area contributed by atoms with Crippen LogP contribution in [0.5, 0.6) is 0 Å². The zero-order chi connectivity index (χ0) is 105. The topological polar surface area (TPSA) is 519 Å². The van der Waals surface area contributed by atoms with E-state index in [0.717, 1.165) is 5.56 Å². The molecule has 18 rings (SSSR count). The van der Waals surface area contributed by atoms with E-state index in [9.17, 15) is 53.1 Å². The Morgan fingerprint density at radius 1 is 0.387 bits per heavy atom. The molecule has 2 aliphatic rings. The predicted molar refractivity (Wildman–Crippen MR) is 587 cm³/mol. The van der Waals surface area contributed by atoms with Crippen molar-refractivity contribution >= 4 is 207 Å². The zero-order valence-electron chi connectivity index (χ0n) is 82.0. The molecular formula is C100H102N24O14S12. The molecule has 38 nitrogen and oxygen atoms in total. The molecule has 0 saturated carbocycles. The summed E-state index contributed by atoms with van der Waals surface area (Å²) in [6.45, 7) is 10.6. The molecule has 16 aromatic rings. The maximum Gasteiger partial charge on any atom is 0.271 e. The lowest BCUT2D eigenvalue weighted by molar-refractivity contribution is -0.122. The molecule has 8 atom stereocenters. The minimum absolute atomic E-state index is 0. The van der Waals surface area contributed by atoms with Gasteiger partial charge < -0.3 is 72.5 Å². The first kappa shape index (κ1) is 110. The van der Waals surface area contributed by atoms with Crippen LogP contribution in [0.15, 0.2) is 128 Å². The Morgan fingerprint density at radius 3 is 1.17 bits per heavy atom. The van der Waals surface area contributed by atoms with Crippen molar-refractivity contribution in [3.8, 4) is 86.7 Å². The van der Waals surface area contributed by atoms with Crippen molar-refractivity contribution < 1.29 is 67.3 Å². The Hall–Kier alpha value is -13.2. The number of hydrogen-bond donors (Lipinski definition) is 11. The number of ketones is 2. The van der Waals surface area contributed by atoms with Crippen molar-refractivity contribution in [3.05, 3.63) is 223 Å². The van der Waals surface area contributed by atoms with Gasteiger partial charge >= 0.3 is 0 Å².